The normalized spacial score (nSPS) is 11.9. The average molecular weight is 167 g/mol. The van der Waals surface area contributed by atoms with Crippen LogP contribution in [0, 0.1) is 17.2 Å². The van der Waals surface area contributed by atoms with E-state index >= 15 is 0 Å². The van der Waals surface area contributed by atoms with Crippen molar-refractivity contribution in [3.05, 3.63) is 12.2 Å². The first-order valence-electron chi connectivity index (χ1n) is 3.79. The summed E-state index contributed by atoms with van der Waals surface area (Å²) in [5, 5.41) is 8.31. The van der Waals surface area contributed by atoms with Crippen LogP contribution in [0.5, 0.6) is 0 Å². The van der Waals surface area contributed by atoms with Gasteiger partial charge in [-0.05, 0) is 12.8 Å². The van der Waals surface area contributed by atoms with Crippen molar-refractivity contribution < 1.29 is 9.53 Å². The van der Waals surface area contributed by atoms with Crippen LogP contribution in [0.4, 0.5) is 0 Å². The highest BCUT2D eigenvalue weighted by Crippen LogP contribution is 2.07. The number of rotatable bonds is 3. The first kappa shape index (κ1) is 10.7. The van der Waals surface area contributed by atoms with E-state index in [9.17, 15) is 4.79 Å². The minimum absolute atomic E-state index is 0.150. The van der Waals surface area contributed by atoms with Crippen molar-refractivity contribution in [3.8, 4) is 6.07 Å². The first-order chi connectivity index (χ1) is 5.49. The largest absolute Gasteiger partial charge is 0.458 e. The van der Waals surface area contributed by atoms with E-state index in [-0.39, 0.29) is 17.6 Å². The Bertz CT molecular complexity index is 225. The molecule has 0 heterocycles. The fourth-order valence-corrected chi connectivity index (χ4v) is 0.422. The average Bonchev–Trinajstić information content (AvgIpc) is 2.02. The minimum atomic E-state index is -0.626. The van der Waals surface area contributed by atoms with Gasteiger partial charge in [0.05, 0.1) is 0 Å². The molecule has 1 atom stereocenters. The van der Waals surface area contributed by atoms with Gasteiger partial charge in [-0.3, -0.25) is 0 Å². The third kappa shape index (κ3) is 3.20. The number of carbonyl (C=O) groups excluding carboxylic acids is 1. The van der Waals surface area contributed by atoms with Crippen molar-refractivity contribution >= 4 is 5.97 Å². The van der Waals surface area contributed by atoms with Gasteiger partial charge >= 0.3 is 5.97 Å². The molecule has 3 heteroatoms. The molecular weight excluding hydrogens is 154 g/mol. The van der Waals surface area contributed by atoms with Crippen LogP contribution in [0.1, 0.15) is 20.8 Å². The van der Waals surface area contributed by atoms with E-state index < -0.39 is 5.97 Å². The molecule has 0 fully saturated rings. The number of carbonyl (C=O) groups is 1. The number of hydrogen-bond donors (Lipinski definition) is 0. The molecule has 0 radical (unpaired) electrons. The molecular formula is C9H13NO2. The summed E-state index contributed by atoms with van der Waals surface area (Å²) in [6.45, 7) is 8.91. The zero-order chi connectivity index (χ0) is 9.72. The van der Waals surface area contributed by atoms with Crippen molar-refractivity contribution in [1.82, 2.24) is 0 Å². The van der Waals surface area contributed by atoms with Gasteiger partial charge in [-0.2, -0.15) is 5.26 Å². The Kier molecular flexibility index (Phi) is 4.06. The molecule has 0 N–H and O–H groups in total. The van der Waals surface area contributed by atoms with Gasteiger partial charge in [-0.15, -0.1) is 0 Å². The summed E-state index contributed by atoms with van der Waals surface area (Å²) < 4.78 is 4.90. The van der Waals surface area contributed by atoms with Gasteiger partial charge in [0, 0.05) is 0 Å². The highest BCUT2D eigenvalue weighted by atomic mass is 16.5. The van der Waals surface area contributed by atoms with E-state index in [1.807, 2.05) is 13.8 Å². The summed E-state index contributed by atoms with van der Waals surface area (Å²) in [4.78, 5) is 10.9. The van der Waals surface area contributed by atoms with Crippen LogP contribution in [-0.2, 0) is 9.53 Å². The van der Waals surface area contributed by atoms with Crippen LogP contribution in [-0.4, -0.2) is 12.1 Å². The standard InChI is InChI=1S/C9H13NO2/c1-6(2)8(4)12-9(11)7(3)5-10/h6,8H,3H2,1-2,4H3. The van der Waals surface area contributed by atoms with E-state index in [0.29, 0.717) is 0 Å². The molecule has 0 amide bonds. The topological polar surface area (TPSA) is 50.1 Å². The predicted octanol–water partition coefficient (Wildman–Crippen LogP) is 1.65. The van der Waals surface area contributed by atoms with E-state index in [2.05, 4.69) is 6.58 Å². The van der Waals surface area contributed by atoms with Gasteiger partial charge in [0.2, 0.25) is 0 Å². The predicted molar refractivity (Wildman–Crippen MR) is 45.1 cm³/mol. The summed E-state index contributed by atoms with van der Waals surface area (Å²) in [7, 11) is 0. The fraction of sp³-hybridized carbons (Fsp3) is 0.556. The monoisotopic (exact) mass is 167 g/mol. The van der Waals surface area contributed by atoms with Crippen LogP contribution in [0.2, 0.25) is 0 Å². The molecule has 0 aromatic rings. The second-order valence-corrected chi connectivity index (χ2v) is 2.94. The minimum Gasteiger partial charge on any atom is -0.458 e. The van der Waals surface area contributed by atoms with Crippen molar-refractivity contribution in [3.63, 3.8) is 0 Å². The molecule has 0 aromatic heterocycles. The summed E-state index contributed by atoms with van der Waals surface area (Å²) in [5.74, 6) is -0.376. The Morgan fingerprint density at radius 3 is 2.33 bits per heavy atom. The van der Waals surface area contributed by atoms with Gasteiger partial charge in [0.25, 0.3) is 0 Å². The van der Waals surface area contributed by atoms with Crippen LogP contribution < -0.4 is 0 Å². The van der Waals surface area contributed by atoms with E-state index in [1.165, 1.54) is 0 Å². The number of nitrogens with zero attached hydrogens (tertiary/aromatic N) is 1. The molecule has 12 heavy (non-hydrogen) atoms. The number of ether oxygens (including phenoxy) is 1. The van der Waals surface area contributed by atoms with Gasteiger partial charge in [-0.25, -0.2) is 4.79 Å². The molecule has 0 aliphatic rings. The fourth-order valence-electron chi connectivity index (χ4n) is 0.422. The van der Waals surface area contributed by atoms with E-state index in [0.717, 1.165) is 0 Å². The van der Waals surface area contributed by atoms with Gasteiger partial charge in [0.15, 0.2) is 0 Å². The molecule has 0 saturated heterocycles. The van der Waals surface area contributed by atoms with Crippen LogP contribution in [0.15, 0.2) is 12.2 Å². The SMILES string of the molecule is C=C(C#N)C(=O)OC(C)C(C)C. The third-order valence-corrected chi connectivity index (χ3v) is 1.61. The lowest BCUT2D eigenvalue weighted by Crippen LogP contribution is -2.20. The molecule has 0 spiro atoms. The summed E-state index contributed by atoms with van der Waals surface area (Å²) in [5.41, 5.74) is -0.150. The lowest BCUT2D eigenvalue weighted by Gasteiger charge is -2.15. The van der Waals surface area contributed by atoms with Crippen LogP contribution in [0.25, 0.3) is 0 Å². The molecule has 0 saturated carbocycles. The summed E-state index contributed by atoms with van der Waals surface area (Å²) in [6, 6.07) is 1.64. The zero-order valence-corrected chi connectivity index (χ0v) is 7.63. The van der Waals surface area contributed by atoms with E-state index in [1.54, 1.807) is 13.0 Å². The van der Waals surface area contributed by atoms with Crippen LogP contribution in [0.3, 0.4) is 0 Å². The lowest BCUT2D eigenvalue weighted by atomic mass is 10.1. The van der Waals surface area contributed by atoms with Crippen molar-refractivity contribution in [2.75, 3.05) is 0 Å². The molecule has 3 nitrogen and oxygen atoms in total. The Morgan fingerprint density at radius 2 is 2.00 bits per heavy atom. The quantitative estimate of drug-likeness (QED) is 0.365. The van der Waals surface area contributed by atoms with Crippen molar-refractivity contribution in [1.29, 1.82) is 5.26 Å². The van der Waals surface area contributed by atoms with E-state index in [4.69, 9.17) is 10.00 Å². The second-order valence-electron chi connectivity index (χ2n) is 2.94. The molecule has 0 aromatic carbocycles. The van der Waals surface area contributed by atoms with Crippen molar-refractivity contribution in [2.45, 2.75) is 26.9 Å². The zero-order valence-electron chi connectivity index (χ0n) is 7.63. The number of hydrogen-bond acceptors (Lipinski definition) is 3. The maximum Gasteiger partial charge on any atom is 0.348 e. The third-order valence-electron chi connectivity index (χ3n) is 1.61. The first-order valence-corrected chi connectivity index (χ1v) is 3.79. The Hall–Kier alpha value is -1.30. The Labute approximate surface area is 72.6 Å². The molecule has 0 bridgehead atoms. The maximum absolute atomic E-state index is 10.9. The van der Waals surface area contributed by atoms with Gasteiger partial charge < -0.3 is 4.74 Å². The van der Waals surface area contributed by atoms with Crippen LogP contribution >= 0.6 is 0 Å². The molecule has 0 aliphatic carbocycles. The smallest absolute Gasteiger partial charge is 0.348 e. The highest BCUT2D eigenvalue weighted by molar-refractivity contribution is 5.91. The summed E-state index contributed by atoms with van der Waals surface area (Å²) >= 11 is 0. The molecule has 0 rings (SSSR count). The lowest BCUT2D eigenvalue weighted by molar-refractivity contribution is -0.144. The maximum atomic E-state index is 10.9. The van der Waals surface area contributed by atoms with Crippen molar-refractivity contribution in [2.24, 2.45) is 5.92 Å². The second kappa shape index (κ2) is 4.55. The Morgan fingerprint density at radius 1 is 1.50 bits per heavy atom. The molecule has 1 unspecified atom stereocenters. The van der Waals surface area contributed by atoms with Gasteiger partial charge in [-0.1, -0.05) is 20.4 Å². The highest BCUT2D eigenvalue weighted by Gasteiger charge is 2.14. The molecule has 0 aliphatic heterocycles. The number of esters is 1. The number of nitriles is 1. The Balaban J connectivity index is 4.04. The summed E-state index contributed by atoms with van der Waals surface area (Å²) in [6.07, 6.45) is -0.178. The van der Waals surface area contributed by atoms with Gasteiger partial charge in [0.1, 0.15) is 17.7 Å². The molecule has 66 valence electrons.